The Balaban J connectivity index is 1.46. The molecule has 0 amide bonds. The molecule has 7 nitrogen and oxygen atoms in total. The van der Waals surface area contributed by atoms with Gasteiger partial charge in [0.2, 0.25) is 10.0 Å². The van der Waals surface area contributed by atoms with Crippen LogP contribution in [0.15, 0.2) is 36.7 Å². The first-order valence-corrected chi connectivity index (χ1v) is 11.7. The minimum atomic E-state index is -3.39. The smallest absolute Gasteiger partial charge is 0.218 e. The van der Waals surface area contributed by atoms with Crippen molar-refractivity contribution >= 4 is 10.0 Å². The van der Waals surface area contributed by atoms with E-state index >= 15 is 0 Å². The first-order valence-electron chi connectivity index (χ1n) is 10.1. The second-order valence-corrected chi connectivity index (χ2v) is 10.4. The fraction of sp³-hybridized carbons (Fsp3) is 0.600. The highest BCUT2D eigenvalue weighted by atomic mass is 32.2. The molecule has 0 bridgehead atoms. The lowest BCUT2D eigenvalue weighted by Crippen LogP contribution is -2.38. The number of hydrogen-bond acceptors (Lipinski definition) is 5. The average Bonchev–Trinajstić information content (AvgIpc) is 3.31. The summed E-state index contributed by atoms with van der Waals surface area (Å²) in [6, 6.07) is 9.91. The fourth-order valence-electron chi connectivity index (χ4n) is 4.79. The van der Waals surface area contributed by atoms with Crippen LogP contribution < -0.4 is 0 Å². The molecule has 2 aromatic rings. The van der Waals surface area contributed by atoms with Crippen molar-refractivity contribution in [1.29, 1.82) is 0 Å². The molecule has 1 saturated carbocycles. The van der Waals surface area contributed by atoms with E-state index in [1.54, 1.807) is 4.31 Å². The standard InChI is InChI=1S/C20H26N4O3S/c25-28(26,13-16-4-2-1-3-5-16)23-12-18(20(14-23)8-10-27-11-9-20)19-22-21-15-24(19)17-6-7-17/h1-5,15,17-18H,6-14H2. The summed E-state index contributed by atoms with van der Waals surface area (Å²) in [7, 11) is -3.39. The van der Waals surface area contributed by atoms with E-state index < -0.39 is 10.0 Å². The van der Waals surface area contributed by atoms with Crippen molar-refractivity contribution < 1.29 is 13.2 Å². The summed E-state index contributed by atoms with van der Waals surface area (Å²) in [5.41, 5.74) is 0.718. The average molecular weight is 403 g/mol. The zero-order chi connectivity index (χ0) is 19.2. The van der Waals surface area contributed by atoms with Gasteiger partial charge in [0, 0.05) is 38.3 Å². The molecule has 0 radical (unpaired) electrons. The molecular formula is C20H26N4O3S. The van der Waals surface area contributed by atoms with Crippen LogP contribution in [0.1, 0.15) is 49.0 Å². The van der Waals surface area contributed by atoms with Crippen molar-refractivity contribution in [2.45, 2.75) is 43.4 Å². The predicted molar refractivity (Wildman–Crippen MR) is 104 cm³/mol. The molecule has 1 aliphatic carbocycles. The Kier molecular flexibility index (Phi) is 4.52. The molecule has 8 heteroatoms. The number of rotatable bonds is 5. The van der Waals surface area contributed by atoms with Crippen molar-refractivity contribution in [3.63, 3.8) is 0 Å². The Morgan fingerprint density at radius 2 is 1.89 bits per heavy atom. The third-order valence-corrected chi connectivity index (χ3v) is 8.31. The summed E-state index contributed by atoms with van der Waals surface area (Å²) >= 11 is 0. The van der Waals surface area contributed by atoms with Gasteiger partial charge in [-0.15, -0.1) is 10.2 Å². The number of ether oxygens (including phenoxy) is 1. The zero-order valence-corrected chi connectivity index (χ0v) is 16.7. The molecule has 1 aromatic heterocycles. The third kappa shape index (κ3) is 3.27. The van der Waals surface area contributed by atoms with E-state index in [-0.39, 0.29) is 17.1 Å². The molecule has 28 heavy (non-hydrogen) atoms. The second-order valence-electron chi connectivity index (χ2n) is 8.39. The van der Waals surface area contributed by atoms with Gasteiger partial charge in [0.1, 0.15) is 12.2 Å². The van der Waals surface area contributed by atoms with Gasteiger partial charge in [0.15, 0.2) is 0 Å². The molecule has 1 atom stereocenters. The normalized spacial score (nSPS) is 25.4. The summed E-state index contributed by atoms with van der Waals surface area (Å²) < 4.78 is 36.0. The van der Waals surface area contributed by atoms with E-state index in [0.717, 1.165) is 37.1 Å². The first kappa shape index (κ1) is 18.3. The van der Waals surface area contributed by atoms with Gasteiger partial charge in [-0.05, 0) is 36.7 Å². The molecule has 1 unspecified atom stereocenters. The maximum atomic E-state index is 13.2. The Bertz CT molecular complexity index is 933. The van der Waals surface area contributed by atoms with Gasteiger partial charge in [0.05, 0.1) is 5.75 Å². The number of benzene rings is 1. The summed E-state index contributed by atoms with van der Waals surface area (Å²) in [6.45, 7) is 2.40. The summed E-state index contributed by atoms with van der Waals surface area (Å²) in [5, 5.41) is 8.63. The van der Waals surface area contributed by atoms with Crippen molar-refractivity contribution in [2.75, 3.05) is 26.3 Å². The minimum Gasteiger partial charge on any atom is -0.381 e. The molecule has 3 aliphatic rings. The van der Waals surface area contributed by atoms with E-state index in [1.807, 2.05) is 36.7 Å². The lowest BCUT2D eigenvalue weighted by atomic mass is 9.72. The summed E-state index contributed by atoms with van der Waals surface area (Å²) in [5.74, 6) is 1.08. The highest BCUT2D eigenvalue weighted by molar-refractivity contribution is 7.88. The van der Waals surface area contributed by atoms with E-state index in [1.165, 1.54) is 0 Å². The third-order valence-electron chi connectivity index (χ3n) is 6.54. The van der Waals surface area contributed by atoms with Crippen molar-refractivity contribution in [3.8, 4) is 0 Å². The zero-order valence-electron chi connectivity index (χ0n) is 15.9. The maximum Gasteiger partial charge on any atom is 0.218 e. The number of aromatic nitrogens is 3. The van der Waals surface area contributed by atoms with Gasteiger partial charge in [-0.2, -0.15) is 0 Å². The van der Waals surface area contributed by atoms with Crippen molar-refractivity contribution in [3.05, 3.63) is 48.0 Å². The topological polar surface area (TPSA) is 77.3 Å². The van der Waals surface area contributed by atoms with Crippen molar-refractivity contribution in [1.82, 2.24) is 19.1 Å². The molecule has 3 fully saturated rings. The van der Waals surface area contributed by atoms with Crippen LogP contribution in [0.2, 0.25) is 0 Å². The SMILES string of the molecule is O=S(=O)(Cc1ccccc1)N1CC(c2nncn2C2CC2)C2(CCOCC2)C1. The van der Waals surface area contributed by atoms with Gasteiger partial charge in [-0.25, -0.2) is 12.7 Å². The van der Waals surface area contributed by atoms with Crippen LogP contribution in [0.25, 0.3) is 0 Å². The van der Waals surface area contributed by atoms with E-state index in [2.05, 4.69) is 14.8 Å². The van der Waals surface area contributed by atoms with Crippen LogP contribution in [0.3, 0.4) is 0 Å². The Morgan fingerprint density at radius 3 is 2.61 bits per heavy atom. The molecular weight excluding hydrogens is 376 g/mol. The van der Waals surface area contributed by atoms with E-state index in [4.69, 9.17) is 4.74 Å². The Labute approximate surface area is 165 Å². The Morgan fingerprint density at radius 1 is 1.14 bits per heavy atom. The van der Waals surface area contributed by atoms with Gasteiger partial charge < -0.3 is 9.30 Å². The summed E-state index contributed by atoms with van der Waals surface area (Å²) in [6.07, 6.45) is 5.87. The highest BCUT2D eigenvalue weighted by Crippen LogP contribution is 2.51. The number of nitrogens with zero attached hydrogens (tertiary/aromatic N) is 4. The highest BCUT2D eigenvalue weighted by Gasteiger charge is 2.53. The number of sulfonamides is 1. The van der Waals surface area contributed by atoms with Gasteiger partial charge in [-0.3, -0.25) is 0 Å². The molecule has 150 valence electrons. The fourth-order valence-corrected chi connectivity index (χ4v) is 6.41. The van der Waals surface area contributed by atoms with Crippen LogP contribution >= 0.6 is 0 Å². The molecule has 2 saturated heterocycles. The lowest BCUT2D eigenvalue weighted by Gasteiger charge is -2.37. The van der Waals surface area contributed by atoms with E-state index in [0.29, 0.717) is 32.3 Å². The molecule has 0 N–H and O–H groups in total. The Hall–Kier alpha value is -1.77. The minimum absolute atomic E-state index is 0.0441. The summed E-state index contributed by atoms with van der Waals surface area (Å²) in [4.78, 5) is 0. The van der Waals surface area contributed by atoms with Gasteiger partial charge in [-0.1, -0.05) is 30.3 Å². The van der Waals surface area contributed by atoms with Crippen LogP contribution in [0.5, 0.6) is 0 Å². The van der Waals surface area contributed by atoms with Gasteiger partial charge in [0.25, 0.3) is 0 Å². The monoisotopic (exact) mass is 402 g/mol. The van der Waals surface area contributed by atoms with Crippen LogP contribution in [-0.4, -0.2) is 53.8 Å². The molecule has 3 heterocycles. The van der Waals surface area contributed by atoms with Gasteiger partial charge >= 0.3 is 0 Å². The maximum absolute atomic E-state index is 13.2. The molecule has 5 rings (SSSR count). The van der Waals surface area contributed by atoms with Crippen molar-refractivity contribution in [2.24, 2.45) is 5.41 Å². The largest absolute Gasteiger partial charge is 0.381 e. The molecule has 2 aliphatic heterocycles. The van der Waals surface area contributed by atoms with Crippen LogP contribution in [0, 0.1) is 5.41 Å². The number of hydrogen-bond donors (Lipinski definition) is 0. The predicted octanol–water partition coefficient (Wildman–Crippen LogP) is 2.34. The molecule has 1 spiro atoms. The quantitative estimate of drug-likeness (QED) is 0.767. The van der Waals surface area contributed by atoms with Crippen LogP contribution in [0.4, 0.5) is 0 Å². The lowest BCUT2D eigenvalue weighted by molar-refractivity contribution is 0.0129. The second kappa shape index (κ2) is 6.93. The molecule has 1 aromatic carbocycles. The van der Waals surface area contributed by atoms with Crippen LogP contribution in [-0.2, 0) is 20.5 Å². The van der Waals surface area contributed by atoms with E-state index in [9.17, 15) is 8.42 Å². The first-order chi connectivity index (χ1) is 13.6.